The lowest BCUT2D eigenvalue weighted by Crippen LogP contribution is -2.68. The Labute approximate surface area is 336 Å². The van der Waals surface area contributed by atoms with E-state index in [-0.39, 0.29) is 75.7 Å². The first-order chi connectivity index (χ1) is 25.6. The first-order valence-electron chi connectivity index (χ1n) is 21.5. The van der Waals surface area contributed by atoms with Gasteiger partial charge in [0.25, 0.3) is 6.47 Å². The fourth-order valence-corrected chi connectivity index (χ4v) is 13.7. The third kappa shape index (κ3) is 6.44. The average Bonchev–Trinajstić information content (AvgIpc) is 3.35. The van der Waals surface area contributed by atoms with Crippen molar-refractivity contribution in [2.45, 2.75) is 190 Å². The van der Waals surface area contributed by atoms with Gasteiger partial charge in [-0.1, -0.05) is 62.3 Å². The van der Waals surface area contributed by atoms with Gasteiger partial charge in [0.05, 0.1) is 11.5 Å². The number of allylic oxidation sites excluding steroid dienone is 1. The second kappa shape index (κ2) is 13.6. The molecule has 0 radical (unpaired) electrons. The molecule has 56 heavy (non-hydrogen) atoms. The van der Waals surface area contributed by atoms with Crippen molar-refractivity contribution in [3.05, 3.63) is 11.1 Å². The zero-order chi connectivity index (χ0) is 41.8. The number of amides is 2. The summed E-state index contributed by atoms with van der Waals surface area (Å²) in [6, 6.07) is 0. The van der Waals surface area contributed by atoms with E-state index in [9.17, 15) is 24.0 Å². The molecule has 0 saturated heterocycles. The standard InChI is InChI=1S/C46H72N2O8/c1-26(2)34-29(50)24-46(47-37(52)42(10,11)48-38(53)56-39(3,4)5)22-21-44(13)27(35(34)46)15-16-31-43(12)19-18-32(41(8,9)30(43)17-20-45(31,44)14)55-36(51)28-23-33(54-25-49)40(28,6)7/h25-28,30-33H,15-24H2,1-14H3,(H,47,52)(H,48,53)/t27-,28-,30+,31-,32+,33-,43+,44-,45-,46-/m1/s1. The van der Waals surface area contributed by atoms with E-state index in [1.165, 1.54) is 0 Å². The first kappa shape index (κ1) is 42.7. The number of carbonyl (C=O) groups is 5. The lowest BCUT2D eigenvalue weighted by Gasteiger charge is -2.72. The van der Waals surface area contributed by atoms with E-state index in [0.717, 1.165) is 56.1 Å². The number of nitrogens with one attached hydrogen (secondary N) is 2. The summed E-state index contributed by atoms with van der Waals surface area (Å²) in [5.41, 5.74) is -1.42. The molecule has 6 aliphatic rings. The lowest BCUT2D eigenvalue weighted by molar-refractivity contribution is -0.236. The maximum Gasteiger partial charge on any atom is 0.408 e. The van der Waals surface area contributed by atoms with E-state index in [1.807, 2.05) is 13.8 Å². The van der Waals surface area contributed by atoms with Crippen molar-refractivity contribution in [3.8, 4) is 0 Å². The van der Waals surface area contributed by atoms with E-state index in [2.05, 4.69) is 59.1 Å². The van der Waals surface area contributed by atoms with Gasteiger partial charge in [-0.15, -0.1) is 0 Å². The molecular formula is C46H72N2O8. The highest BCUT2D eigenvalue weighted by molar-refractivity contribution is 6.03. The largest absolute Gasteiger partial charge is 0.464 e. The minimum atomic E-state index is -1.26. The van der Waals surface area contributed by atoms with Crippen molar-refractivity contribution in [2.24, 2.45) is 56.7 Å². The van der Waals surface area contributed by atoms with Crippen LogP contribution in [0.1, 0.15) is 161 Å². The van der Waals surface area contributed by atoms with Gasteiger partial charge in [-0.25, -0.2) is 4.79 Å². The van der Waals surface area contributed by atoms with Crippen LogP contribution in [-0.2, 0) is 33.4 Å². The SMILES string of the molecule is CC(C)C1=C2[C@H]3CC[C@@H]4[C@@]5(C)CC[C@H](OC(=O)[C@H]6C[C@@H](OC=O)C6(C)C)C(C)(C)[C@@H]5CC[C@@]4(C)[C@]3(C)CC[C@@]2(NC(=O)C(C)(C)NC(=O)OC(C)(C)C)CC1=O. The molecular weight excluding hydrogens is 709 g/mol. The zero-order valence-electron chi connectivity index (χ0n) is 37.0. The normalized spacial score (nSPS) is 39.9. The topological polar surface area (TPSA) is 137 Å². The number of carbonyl (C=O) groups excluding carboxylic acids is 5. The highest BCUT2D eigenvalue weighted by atomic mass is 16.6. The van der Waals surface area contributed by atoms with Crippen LogP contribution in [0, 0.1) is 56.7 Å². The Kier molecular flexibility index (Phi) is 10.3. The molecule has 0 unspecified atom stereocenters. The van der Waals surface area contributed by atoms with E-state index in [4.69, 9.17) is 14.2 Å². The highest BCUT2D eigenvalue weighted by Crippen LogP contribution is 2.76. The smallest absolute Gasteiger partial charge is 0.408 e. The number of hydrogen-bond acceptors (Lipinski definition) is 8. The fourth-order valence-electron chi connectivity index (χ4n) is 13.7. The summed E-state index contributed by atoms with van der Waals surface area (Å²) in [4.78, 5) is 65.8. The summed E-state index contributed by atoms with van der Waals surface area (Å²) < 4.78 is 17.2. The Hall–Kier alpha value is -2.91. The summed E-state index contributed by atoms with van der Waals surface area (Å²) in [6.45, 7) is 29.6. The van der Waals surface area contributed by atoms with Crippen molar-refractivity contribution in [1.29, 1.82) is 0 Å². The Bertz CT molecular complexity index is 1690. The predicted molar refractivity (Wildman–Crippen MR) is 214 cm³/mol. The van der Waals surface area contributed by atoms with Gasteiger partial charge in [0.2, 0.25) is 5.91 Å². The summed E-state index contributed by atoms with van der Waals surface area (Å²) in [7, 11) is 0. The molecule has 0 aromatic carbocycles. The van der Waals surface area contributed by atoms with E-state index < -0.39 is 28.2 Å². The molecule has 314 valence electrons. The molecule has 6 rings (SSSR count). The Morgan fingerprint density at radius 3 is 2.05 bits per heavy atom. The second-order valence-electron chi connectivity index (χ2n) is 22.6. The molecule has 2 amide bonds. The van der Waals surface area contributed by atoms with Crippen molar-refractivity contribution in [2.75, 3.05) is 0 Å². The molecule has 0 aromatic heterocycles. The molecule has 10 heteroatoms. The Morgan fingerprint density at radius 2 is 1.46 bits per heavy atom. The molecule has 6 aliphatic carbocycles. The lowest BCUT2D eigenvalue weighted by atomic mass is 9.33. The quantitative estimate of drug-likeness (QED) is 0.142. The van der Waals surface area contributed by atoms with Crippen molar-refractivity contribution < 1.29 is 38.2 Å². The monoisotopic (exact) mass is 781 g/mol. The van der Waals surface area contributed by atoms with Crippen LogP contribution < -0.4 is 10.6 Å². The first-order valence-corrected chi connectivity index (χ1v) is 21.5. The van der Waals surface area contributed by atoms with Crippen LogP contribution in [0.3, 0.4) is 0 Å². The predicted octanol–water partition coefficient (Wildman–Crippen LogP) is 8.64. The van der Waals surface area contributed by atoms with Gasteiger partial charge in [-0.05, 0) is 143 Å². The number of hydrogen-bond donors (Lipinski definition) is 2. The van der Waals surface area contributed by atoms with Crippen LogP contribution in [0.2, 0.25) is 0 Å². The molecule has 10 atom stereocenters. The van der Waals surface area contributed by atoms with Gasteiger partial charge in [0.15, 0.2) is 5.78 Å². The van der Waals surface area contributed by atoms with E-state index in [0.29, 0.717) is 31.1 Å². The van der Waals surface area contributed by atoms with Crippen molar-refractivity contribution in [1.82, 2.24) is 10.6 Å². The van der Waals surface area contributed by atoms with Gasteiger partial charge >= 0.3 is 12.1 Å². The van der Waals surface area contributed by atoms with Crippen LogP contribution in [-0.4, -0.2) is 59.1 Å². The second-order valence-corrected chi connectivity index (χ2v) is 22.6. The van der Waals surface area contributed by atoms with Gasteiger partial charge in [0, 0.05) is 17.3 Å². The van der Waals surface area contributed by atoms with E-state index >= 15 is 0 Å². The molecule has 0 bridgehead atoms. The number of fused-ring (bicyclic) bond motifs is 7. The third-order valence-electron chi connectivity index (χ3n) is 17.0. The summed E-state index contributed by atoms with van der Waals surface area (Å²) >= 11 is 0. The zero-order valence-corrected chi connectivity index (χ0v) is 37.0. The third-order valence-corrected chi connectivity index (χ3v) is 17.0. The van der Waals surface area contributed by atoms with Gasteiger partial charge in [0.1, 0.15) is 23.3 Å². The van der Waals surface area contributed by atoms with Crippen LogP contribution in [0.5, 0.6) is 0 Å². The number of ether oxygens (including phenoxy) is 3. The Morgan fingerprint density at radius 1 is 0.804 bits per heavy atom. The van der Waals surface area contributed by atoms with Crippen LogP contribution in [0.25, 0.3) is 0 Å². The van der Waals surface area contributed by atoms with Gasteiger partial charge in [-0.3, -0.25) is 19.2 Å². The minimum Gasteiger partial charge on any atom is -0.464 e. The molecule has 0 aromatic rings. The summed E-state index contributed by atoms with van der Waals surface area (Å²) in [5.74, 6) is 0.363. The van der Waals surface area contributed by atoms with Crippen LogP contribution >= 0.6 is 0 Å². The average molecular weight is 781 g/mol. The minimum absolute atomic E-state index is 0.00125. The molecule has 5 saturated carbocycles. The number of alkyl carbamates (subject to hydrolysis) is 1. The summed E-state index contributed by atoms with van der Waals surface area (Å²) in [6.07, 6.45) is 7.13. The number of Topliss-reactive ketones (excluding diaryl/α,β-unsaturated/α-hetero) is 1. The highest BCUT2D eigenvalue weighted by Gasteiger charge is 2.70. The molecule has 5 fully saturated rings. The van der Waals surface area contributed by atoms with Crippen molar-refractivity contribution in [3.63, 3.8) is 0 Å². The molecule has 0 spiro atoms. The van der Waals surface area contributed by atoms with Gasteiger partial charge < -0.3 is 24.8 Å². The fraction of sp³-hybridized carbons (Fsp3) is 0.848. The number of ketones is 1. The molecule has 10 nitrogen and oxygen atoms in total. The van der Waals surface area contributed by atoms with Crippen LogP contribution in [0.4, 0.5) is 4.79 Å². The maximum atomic E-state index is 14.2. The number of esters is 1. The van der Waals surface area contributed by atoms with E-state index in [1.54, 1.807) is 34.6 Å². The Balaban J connectivity index is 1.25. The molecule has 0 aliphatic heterocycles. The van der Waals surface area contributed by atoms with Crippen molar-refractivity contribution >= 4 is 30.2 Å². The van der Waals surface area contributed by atoms with Crippen LogP contribution in [0.15, 0.2) is 11.1 Å². The molecule has 0 heterocycles. The molecule has 2 N–H and O–H groups in total. The number of rotatable bonds is 8. The maximum absolute atomic E-state index is 14.2. The summed E-state index contributed by atoms with van der Waals surface area (Å²) in [5, 5.41) is 6.20. The van der Waals surface area contributed by atoms with Gasteiger partial charge in [-0.2, -0.15) is 0 Å².